The Balaban J connectivity index is 1.75. The van der Waals surface area contributed by atoms with Crippen LogP contribution in [0.2, 0.25) is 15.1 Å². The van der Waals surface area contributed by atoms with Crippen LogP contribution in [0.5, 0.6) is 11.5 Å². The molecule has 3 aromatic carbocycles. The first-order valence-corrected chi connectivity index (χ1v) is 10.4. The van der Waals surface area contributed by atoms with Crippen molar-refractivity contribution in [1.29, 1.82) is 0 Å². The molecule has 0 aromatic heterocycles. The van der Waals surface area contributed by atoms with Crippen molar-refractivity contribution >= 4 is 40.5 Å². The summed E-state index contributed by atoms with van der Waals surface area (Å²) in [5.74, 6) is 1.10. The minimum atomic E-state index is 0.261. The lowest BCUT2D eigenvalue weighted by Crippen LogP contribution is -2.04. The topological polar surface area (TPSA) is 30.5 Å². The van der Waals surface area contributed by atoms with E-state index in [9.17, 15) is 0 Å². The molecular weight excluding hydrogens is 429 g/mol. The molecule has 29 heavy (non-hydrogen) atoms. The molecule has 0 aliphatic rings. The number of hydrogen-bond acceptors (Lipinski definition) is 3. The molecule has 0 aliphatic carbocycles. The van der Waals surface area contributed by atoms with Crippen LogP contribution in [0.15, 0.2) is 54.6 Å². The first kappa shape index (κ1) is 21.6. The van der Waals surface area contributed by atoms with Gasteiger partial charge in [0.05, 0.1) is 11.6 Å². The van der Waals surface area contributed by atoms with Gasteiger partial charge < -0.3 is 14.8 Å². The molecule has 0 heterocycles. The van der Waals surface area contributed by atoms with Gasteiger partial charge >= 0.3 is 0 Å². The molecular formula is C23H22Cl3NO2. The molecule has 0 atom stereocenters. The number of halogens is 3. The molecule has 6 heteroatoms. The number of aryl methyl sites for hydroxylation is 1. The summed E-state index contributed by atoms with van der Waals surface area (Å²) in [5.41, 5.74) is 4.08. The van der Waals surface area contributed by atoms with E-state index in [1.165, 1.54) is 5.56 Å². The smallest absolute Gasteiger partial charge is 0.180 e. The fourth-order valence-electron chi connectivity index (χ4n) is 2.79. The zero-order chi connectivity index (χ0) is 20.8. The predicted molar refractivity (Wildman–Crippen MR) is 122 cm³/mol. The Bertz CT molecular complexity index is 975. The Morgan fingerprint density at radius 3 is 2.31 bits per heavy atom. The van der Waals surface area contributed by atoms with Crippen molar-refractivity contribution < 1.29 is 9.47 Å². The van der Waals surface area contributed by atoms with Crippen molar-refractivity contribution in [3.63, 3.8) is 0 Å². The predicted octanol–water partition coefficient (Wildman–Crippen LogP) is 7.55. The summed E-state index contributed by atoms with van der Waals surface area (Å²) >= 11 is 18.7. The lowest BCUT2D eigenvalue weighted by atomic mass is 10.1. The van der Waals surface area contributed by atoms with E-state index in [4.69, 9.17) is 44.3 Å². The van der Waals surface area contributed by atoms with Crippen molar-refractivity contribution in [2.24, 2.45) is 0 Å². The Morgan fingerprint density at radius 2 is 1.62 bits per heavy atom. The molecule has 0 bridgehead atoms. The standard InChI is InChI=1S/C23H22Cl3NO2/c1-3-28-22-11-16(13-27-19-8-4-15(2)5-9-19)10-21(26)23(22)29-14-17-6-7-18(24)12-20(17)25/h4-12,27H,3,13-14H2,1-2H3. The average molecular weight is 451 g/mol. The van der Waals surface area contributed by atoms with E-state index in [2.05, 4.69) is 24.4 Å². The number of rotatable bonds is 8. The average Bonchev–Trinajstić information content (AvgIpc) is 2.68. The van der Waals surface area contributed by atoms with Gasteiger partial charge in [0.1, 0.15) is 6.61 Å². The molecule has 0 fully saturated rings. The summed E-state index contributed by atoms with van der Waals surface area (Å²) in [6, 6.07) is 17.4. The van der Waals surface area contributed by atoms with E-state index in [-0.39, 0.29) is 6.61 Å². The zero-order valence-corrected chi connectivity index (χ0v) is 18.5. The van der Waals surface area contributed by atoms with E-state index < -0.39 is 0 Å². The highest BCUT2D eigenvalue weighted by Crippen LogP contribution is 2.38. The van der Waals surface area contributed by atoms with Crippen LogP contribution >= 0.6 is 34.8 Å². The maximum absolute atomic E-state index is 6.52. The van der Waals surface area contributed by atoms with E-state index in [0.29, 0.717) is 39.7 Å². The summed E-state index contributed by atoms with van der Waals surface area (Å²) in [6.45, 7) is 5.37. The SMILES string of the molecule is CCOc1cc(CNc2ccc(C)cc2)cc(Cl)c1OCc1ccc(Cl)cc1Cl. The lowest BCUT2D eigenvalue weighted by molar-refractivity contribution is 0.269. The van der Waals surface area contributed by atoms with Crippen LogP contribution in [-0.2, 0) is 13.2 Å². The summed E-state index contributed by atoms with van der Waals surface area (Å²) in [6.07, 6.45) is 0. The molecule has 0 spiro atoms. The second-order valence-electron chi connectivity index (χ2n) is 6.58. The lowest BCUT2D eigenvalue weighted by Gasteiger charge is -2.16. The number of benzene rings is 3. The molecule has 0 amide bonds. The largest absolute Gasteiger partial charge is 0.490 e. The number of hydrogen-bond donors (Lipinski definition) is 1. The monoisotopic (exact) mass is 449 g/mol. The highest BCUT2D eigenvalue weighted by molar-refractivity contribution is 6.35. The molecule has 0 unspecified atom stereocenters. The quantitative estimate of drug-likeness (QED) is 0.384. The number of anilines is 1. The zero-order valence-electron chi connectivity index (χ0n) is 16.3. The van der Waals surface area contributed by atoms with Gasteiger partial charge in [0.2, 0.25) is 0 Å². The van der Waals surface area contributed by atoms with Gasteiger partial charge in [-0.3, -0.25) is 0 Å². The van der Waals surface area contributed by atoms with E-state index in [1.54, 1.807) is 12.1 Å². The Labute approximate surface area is 186 Å². The third-order valence-corrected chi connectivity index (χ3v) is 5.17. The summed E-state index contributed by atoms with van der Waals surface area (Å²) in [4.78, 5) is 0. The fraction of sp³-hybridized carbons (Fsp3) is 0.217. The summed E-state index contributed by atoms with van der Waals surface area (Å²) in [5, 5.41) is 5.01. The minimum absolute atomic E-state index is 0.261. The van der Waals surface area contributed by atoms with Crippen molar-refractivity contribution in [1.82, 2.24) is 0 Å². The highest BCUT2D eigenvalue weighted by Gasteiger charge is 2.14. The van der Waals surface area contributed by atoms with Gasteiger partial charge in [-0.2, -0.15) is 0 Å². The molecule has 0 aliphatic heterocycles. The first-order chi connectivity index (χ1) is 14.0. The van der Waals surface area contributed by atoms with Crippen LogP contribution in [0, 0.1) is 6.92 Å². The molecule has 1 N–H and O–H groups in total. The van der Waals surface area contributed by atoms with E-state index >= 15 is 0 Å². The second kappa shape index (κ2) is 10.1. The van der Waals surface area contributed by atoms with Crippen LogP contribution in [0.25, 0.3) is 0 Å². The van der Waals surface area contributed by atoms with Crippen LogP contribution < -0.4 is 14.8 Å². The third-order valence-electron chi connectivity index (χ3n) is 4.30. The molecule has 152 valence electrons. The van der Waals surface area contributed by atoms with Crippen LogP contribution in [0.3, 0.4) is 0 Å². The van der Waals surface area contributed by atoms with Crippen LogP contribution in [0.4, 0.5) is 5.69 Å². The molecule has 0 saturated carbocycles. The third kappa shape index (κ3) is 5.96. The van der Waals surface area contributed by atoms with Gasteiger partial charge in [-0.05, 0) is 55.8 Å². The molecule has 3 rings (SSSR count). The van der Waals surface area contributed by atoms with Crippen molar-refractivity contribution in [3.8, 4) is 11.5 Å². The van der Waals surface area contributed by atoms with Gasteiger partial charge in [-0.15, -0.1) is 0 Å². The van der Waals surface area contributed by atoms with Gasteiger partial charge in [0, 0.05) is 27.8 Å². The summed E-state index contributed by atoms with van der Waals surface area (Å²) in [7, 11) is 0. The number of ether oxygens (including phenoxy) is 2. The Kier molecular flexibility index (Phi) is 7.54. The number of nitrogens with one attached hydrogen (secondary N) is 1. The maximum Gasteiger partial charge on any atom is 0.180 e. The van der Waals surface area contributed by atoms with Gasteiger partial charge in [-0.25, -0.2) is 0 Å². The molecule has 3 aromatic rings. The van der Waals surface area contributed by atoms with Gasteiger partial charge in [-0.1, -0.05) is 58.6 Å². The van der Waals surface area contributed by atoms with E-state index in [1.807, 2.05) is 37.3 Å². The van der Waals surface area contributed by atoms with Gasteiger partial charge in [0.25, 0.3) is 0 Å². The summed E-state index contributed by atoms with van der Waals surface area (Å²) < 4.78 is 11.7. The molecule has 3 nitrogen and oxygen atoms in total. The Hall–Kier alpha value is -2.07. The van der Waals surface area contributed by atoms with E-state index in [0.717, 1.165) is 16.8 Å². The normalized spacial score (nSPS) is 10.7. The van der Waals surface area contributed by atoms with Crippen molar-refractivity contribution in [3.05, 3.63) is 86.4 Å². The van der Waals surface area contributed by atoms with Crippen LogP contribution in [-0.4, -0.2) is 6.61 Å². The van der Waals surface area contributed by atoms with Crippen LogP contribution in [0.1, 0.15) is 23.6 Å². The van der Waals surface area contributed by atoms with Gasteiger partial charge in [0.15, 0.2) is 11.5 Å². The highest BCUT2D eigenvalue weighted by atomic mass is 35.5. The second-order valence-corrected chi connectivity index (χ2v) is 7.83. The first-order valence-electron chi connectivity index (χ1n) is 9.28. The Morgan fingerprint density at radius 1 is 0.862 bits per heavy atom. The van der Waals surface area contributed by atoms with Crippen molar-refractivity contribution in [2.75, 3.05) is 11.9 Å². The fourth-order valence-corrected chi connectivity index (χ4v) is 3.54. The maximum atomic E-state index is 6.52. The molecule has 0 radical (unpaired) electrons. The van der Waals surface area contributed by atoms with Crippen molar-refractivity contribution in [2.45, 2.75) is 27.0 Å². The minimum Gasteiger partial charge on any atom is -0.490 e. The molecule has 0 saturated heterocycles.